The molecule has 24 heavy (non-hydrogen) atoms. The summed E-state index contributed by atoms with van der Waals surface area (Å²) in [5.74, 6) is 0.817. The van der Waals surface area contributed by atoms with Gasteiger partial charge in [-0.15, -0.1) is 0 Å². The van der Waals surface area contributed by atoms with Crippen LogP contribution in [-0.2, 0) is 4.79 Å². The molecule has 0 bridgehead atoms. The van der Waals surface area contributed by atoms with E-state index in [-0.39, 0.29) is 23.3 Å². The molecule has 0 saturated carbocycles. The zero-order valence-corrected chi connectivity index (χ0v) is 14.0. The summed E-state index contributed by atoms with van der Waals surface area (Å²) in [5, 5.41) is 6.00. The van der Waals surface area contributed by atoms with Gasteiger partial charge in [0.25, 0.3) is 0 Å². The number of benzene rings is 1. The van der Waals surface area contributed by atoms with E-state index in [0.29, 0.717) is 18.1 Å². The van der Waals surface area contributed by atoms with Crippen molar-refractivity contribution in [3.8, 4) is 11.5 Å². The molecule has 1 aromatic rings. The fraction of sp³-hybridized carbons (Fsp3) is 0.588. The van der Waals surface area contributed by atoms with Crippen molar-refractivity contribution in [3.63, 3.8) is 0 Å². The fourth-order valence-electron chi connectivity index (χ4n) is 2.96. The van der Waals surface area contributed by atoms with E-state index in [1.54, 1.807) is 0 Å². The standard InChI is InChI=1S/C17H24F2N2O3/c1-11(12-4-3-7-20-10-12)8-16(22)21-14-9-13(23-2)5-6-15(14)24-17(18)19/h5-6,9,11-12,17,20H,3-4,7-8,10H2,1-2H3,(H,21,22)/t11-,12-/m0/s1. The summed E-state index contributed by atoms with van der Waals surface area (Å²) in [6, 6.07) is 4.33. The summed E-state index contributed by atoms with van der Waals surface area (Å²) < 4.78 is 34.5. The highest BCUT2D eigenvalue weighted by Crippen LogP contribution is 2.31. The van der Waals surface area contributed by atoms with Gasteiger partial charge in [-0.05, 0) is 49.9 Å². The van der Waals surface area contributed by atoms with Gasteiger partial charge in [-0.3, -0.25) is 4.79 Å². The molecule has 5 nitrogen and oxygen atoms in total. The highest BCUT2D eigenvalue weighted by Gasteiger charge is 2.22. The predicted molar refractivity (Wildman–Crippen MR) is 87.6 cm³/mol. The first kappa shape index (κ1) is 18.4. The van der Waals surface area contributed by atoms with Crippen molar-refractivity contribution in [1.29, 1.82) is 0 Å². The molecule has 1 aliphatic rings. The van der Waals surface area contributed by atoms with Crippen molar-refractivity contribution < 1.29 is 23.0 Å². The number of rotatable bonds is 7. The minimum Gasteiger partial charge on any atom is -0.497 e. The lowest BCUT2D eigenvalue weighted by atomic mass is 9.85. The monoisotopic (exact) mass is 342 g/mol. The van der Waals surface area contributed by atoms with E-state index in [4.69, 9.17) is 4.74 Å². The number of hydrogen-bond donors (Lipinski definition) is 2. The minimum atomic E-state index is -2.96. The predicted octanol–water partition coefficient (Wildman–Crippen LogP) is 3.26. The normalized spacial score (nSPS) is 19.0. The zero-order chi connectivity index (χ0) is 17.5. The molecule has 0 spiro atoms. The van der Waals surface area contributed by atoms with Gasteiger partial charge in [0.15, 0.2) is 0 Å². The van der Waals surface area contributed by atoms with Gasteiger partial charge in [0.2, 0.25) is 5.91 Å². The Morgan fingerprint density at radius 2 is 2.25 bits per heavy atom. The van der Waals surface area contributed by atoms with Crippen molar-refractivity contribution in [2.75, 3.05) is 25.5 Å². The topological polar surface area (TPSA) is 59.6 Å². The number of ether oxygens (including phenoxy) is 2. The first-order valence-corrected chi connectivity index (χ1v) is 8.13. The van der Waals surface area contributed by atoms with Crippen molar-refractivity contribution in [2.45, 2.75) is 32.8 Å². The molecule has 7 heteroatoms. The van der Waals surface area contributed by atoms with Crippen LogP contribution in [0, 0.1) is 11.8 Å². The number of hydrogen-bond acceptors (Lipinski definition) is 4. The molecule has 0 radical (unpaired) electrons. The smallest absolute Gasteiger partial charge is 0.387 e. The van der Waals surface area contributed by atoms with E-state index < -0.39 is 6.61 Å². The van der Waals surface area contributed by atoms with E-state index in [2.05, 4.69) is 15.4 Å². The Labute approximate surface area is 140 Å². The fourth-order valence-corrected chi connectivity index (χ4v) is 2.96. The number of alkyl halides is 2. The molecule has 1 aromatic carbocycles. The van der Waals surface area contributed by atoms with Gasteiger partial charge in [-0.2, -0.15) is 8.78 Å². The SMILES string of the molecule is COc1ccc(OC(F)F)c(NC(=O)C[C@H](C)[C@H]2CCCNC2)c1. The molecule has 0 unspecified atom stereocenters. The molecule has 2 atom stereocenters. The molecule has 0 aromatic heterocycles. The lowest BCUT2D eigenvalue weighted by molar-refractivity contribution is -0.117. The van der Waals surface area contributed by atoms with E-state index in [1.165, 1.54) is 25.3 Å². The molecular formula is C17H24F2N2O3. The van der Waals surface area contributed by atoms with E-state index in [1.807, 2.05) is 6.92 Å². The van der Waals surface area contributed by atoms with Crippen LogP contribution in [0.2, 0.25) is 0 Å². The maximum atomic E-state index is 12.5. The van der Waals surface area contributed by atoms with Crippen LogP contribution < -0.4 is 20.1 Å². The average molecular weight is 342 g/mol. The lowest BCUT2D eigenvalue weighted by Crippen LogP contribution is -2.34. The number of carbonyl (C=O) groups is 1. The number of piperidine rings is 1. The number of halogens is 2. The summed E-state index contributed by atoms with van der Waals surface area (Å²) in [7, 11) is 1.47. The van der Waals surface area contributed by atoms with E-state index in [9.17, 15) is 13.6 Å². The van der Waals surface area contributed by atoms with Gasteiger partial charge in [-0.25, -0.2) is 0 Å². The van der Waals surface area contributed by atoms with Gasteiger partial charge in [-0.1, -0.05) is 6.92 Å². The second-order valence-corrected chi connectivity index (χ2v) is 6.08. The molecule has 1 amide bonds. The van der Waals surface area contributed by atoms with Crippen LogP contribution in [-0.4, -0.2) is 32.7 Å². The third-order valence-corrected chi connectivity index (χ3v) is 4.32. The number of methoxy groups -OCH3 is 1. The van der Waals surface area contributed by atoms with Crippen molar-refractivity contribution in [1.82, 2.24) is 5.32 Å². The van der Waals surface area contributed by atoms with E-state index in [0.717, 1.165) is 25.9 Å². The molecule has 1 saturated heterocycles. The molecule has 134 valence electrons. The van der Waals surface area contributed by atoms with Crippen LogP contribution in [0.15, 0.2) is 18.2 Å². The van der Waals surface area contributed by atoms with Crippen LogP contribution in [0.25, 0.3) is 0 Å². The Balaban J connectivity index is 2.01. The van der Waals surface area contributed by atoms with Crippen LogP contribution >= 0.6 is 0 Å². The van der Waals surface area contributed by atoms with Crippen molar-refractivity contribution >= 4 is 11.6 Å². The molecule has 0 aliphatic carbocycles. The molecule has 1 aliphatic heterocycles. The maximum Gasteiger partial charge on any atom is 0.387 e. The van der Waals surface area contributed by atoms with Crippen molar-refractivity contribution in [2.24, 2.45) is 11.8 Å². The first-order valence-electron chi connectivity index (χ1n) is 8.13. The zero-order valence-electron chi connectivity index (χ0n) is 14.0. The molecule has 1 fully saturated rings. The minimum absolute atomic E-state index is 0.0777. The summed E-state index contributed by atoms with van der Waals surface area (Å²) in [6.07, 6.45) is 2.54. The first-order chi connectivity index (χ1) is 11.5. The number of anilines is 1. The number of nitrogens with one attached hydrogen (secondary N) is 2. The van der Waals surface area contributed by atoms with Crippen LogP contribution in [0.5, 0.6) is 11.5 Å². The summed E-state index contributed by atoms with van der Waals surface area (Å²) in [6.45, 7) is 1.02. The Kier molecular flexibility index (Phi) is 6.78. The Bertz CT molecular complexity index is 549. The molecule has 2 rings (SSSR count). The lowest BCUT2D eigenvalue weighted by Gasteiger charge is -2.28. The van der Waals surface area contributed by atoms with Gasteiger partial charge in [0.1, 0.15) is 11.5 Å². The van der Waals surface area contributed by atoms with Gasteiger partial charge >= 0.3 is 6.61 Å². The number of amides is 1. The van der Waals surface area contributed by atoms with Crippen LogP contribution in [0.3, 0.4) is 0 Å². The average Bonchev–Trinajstić information content (AvgIpc) is 2.56. The van der Waals surface area contributed by atoms with Crippen LogP contribution in [0.4, 0.5) is 14.5 Å². The summed E-state index contributed by atoms with van der Waals surface area (Å²) in [4.78, 5) is 12.3. The van der Waals surface area contributed by atoms with Gasteiger partial charge < -0.3 is 20.1 Å². The third-order valence-electron chi connectivity index (χ3n) is 4.32. The second kappa shape index (κ2) is 8.82. The largest absolute Gasteiger partial charge is 0.497 e. The van der Waals surface area contributed by atoms with Gasteiger partial charge in [0, 0.05) is 12.5 Å². The highest BCUT2D eigenvalue weighted by molar-refractivity contribution is 5.92. The summed E-state index contributed by atoms with van der Waals surface area (Å²) >= 11 is 0. The van der Waals surface area contributed by atoms with Crippen LogP contribution in [0.1, 0.15) is 26.2 Å². The van der Waals surface area contributed by atoms with Gasteiger partial charge in [0.05, 0.1) is 12.8 Å². The highest BCUT2D eigenvalue weighted by atomic mass is 19.3. The summed E-state index contributed by atoms with van der Waals surface area (Å²) in [5.41, 5.74) is 0.189. The maximum absolute atomic E-state index is 12.5. The molecular weight excluding hydrogens is 318 g/mol. The Morgan fingerprint density at radius 3 is 2.88 bits per heavy atom. The second-order valence-electron chi connectivity index (χ2n) is 6.08. The Hall–Kier alpha value is -1.89. The quantitative estimate of drug-likeness (QED) is 0.798. The third kappa shape index (κ3) is 5.33. The molecule has 1 heterocycles. The Morgan fingerprint density at radius 1 is 1.46 bits per heavy atom. The van der Waals surface area contributed by atoms with Crippen molar-refractivity contribution in [3.05, 3.63) is 18.2 Å². The van der Waals surface area contributed by atoms with E-state index >= 15 is 0 Å². The molecule has 2 N–H and O–H groups in total. The number of carbonyl (C=O) groups excluding carboxylic acids is 1.